The van der Waals surface area contributed by atoms with Gasteiger partial charge in [0.15, 0.2) is 0 Å². The van der Waals surface area contributed by atoms with Crippen molar-refractivity contribution in [2.75, 3.05) is 13.2 Å². The maximum atomic E-state index is 5.00. The van der Waals surface area contributed by atoms with E-state index in [9.17, 15) is 0 Å². The first-order chi connectivity index (χ1) is 6.84. The minimum absolute atomic E-state index is 0.718. The van der Waals surface area contributed by atoms with Gasteiger partial charge in [0, 0.05) is 12.2 Å². The number of nitrogens with one attached hydrogen (secondary N) is 2. The van der Waals surface area contributed by atoms with Crippen LogP contribution in [0.5, 0.6) is 0 Å². The van der Waals surface area contributed by atoms with Crippen LogP contribution >= 0.6 is 0 Å². The smallest absolute Gasteiger partial charge is 0.0925 e. The molecule has 0 aromatic carbocycles. The van der Waals surface area contributed by atoms with Gasteiger partial charge in [0.1, 0.15) is 0 Å². The molecule has 0 fully saturated rings. The topological polar surface area (TPSA) is 49.9 Å². The number of rotatable bonds is 7. The average molecular weight is 195 g/mol. The van der Waals surface area contributed by atoms with Crippen LogP contribution in [-0.2, 0) is 11.3 Å². The summed E-state index contributed by atoms with van der Waals surface area (Å²) in [7, 11) is 0. The van der Waals surface area contributed by atoms with Gasteiger partial charge < -0.3 is 15.0 Å². The summed E-state index contributed by atoms with van der Waals surface area (Å²) in [6.07, 6.45) is 4.17. The van der Waals surface area contributed by atoms with Gasteiger partial charge in [0.05, 0.1) is 24.9 Å². The third kappa shape index (κ3) is 3.62. The molecule has 0 aliphatic heterocycles. The Bertz CT molecular complexity index is 270. The fourth-order valence-electron chi connectivity index (χ4n) is 1.14. The molecule has 0 amide bonds. The summed E-state index contributed by atoms with van der Waals surface area (Å²) in [5.41, 5.74) is 2.20. The molecule has 0 unspecified atom stereocenters. The van der Waals surface area contributed by atoms with Crippen molar-refractivity contribution in [3.05, 3.63) is 30.6 Å². The van der Waals surface area contributed by atoms with Gasteiger partial charge >= 0.3 is 0 Å². The molecule has 4 nitrogen and oxygen atoms in total. The zero-order chi connectivity index (χ0) is 10.2. The van der Waals surface area contributed by atoms with Gasteiger partial charge in [-0.1, -0.05) is 6.58 Å². The molecule has 78 valence electrons. The molecule has 2 N–H and O–H groups in total. The van der Waals surface area contributed by atoms with Crippen molar-refractivity contribution in [3.63, 3.8) is 0 Å². The van der Waals surface area contributed by atoms with E-state index in [1.807, 2.05) is 6.92 Å². The third-order valence-electron chi connectivity index (χ3n) is 1.96. The normalized spacial score (nSPS) is 10.1. The van der Waals surface area contributed by atoms with E-state index < -0.39 is 0 Å². The van der Waals surface area contributed by atoms with E-state index in [2.05, 4.69) is 21.9 Å². The van der Waals surface area contributed by atoms with Gasteiger partial charge in [-0.3, -0.25) is 0 Å². The van der Waals surface area contributed by atoms with E-state index in [0.717, 1.165) is 37.5 Å². The molecule has 0 saturated carbocycles. The number of nitrogens with zero attached hydrogens (tertiary/aromatic N) is 1. The van der Waals surface area contributed by atoms with Crippen molar-refractivity contribution in [1.29, 1.82) is 0 Å². The highest BCUT2D eigenvalue weighted by Crippen LogP contribution is 1.98. The van der Waals surface area contributed by atoms with Crippen molar-refractivity contribution in [3.8, 4) is 0 Å². The zero-order valence-electron chi connectivity index (χ0n) is 8.55. The van der Waals surface area contributed by atoms with Crippen LogP contribution in [0.25, 0.3) is 0 Å². The van der Waals surface area contributed by atoms with Crippen LogP contribution in [-0.4, -0.2) is 23.1 Å². The number of aromatic amines is 1. The lowest BCUT2D eigenvalue weighted by Crippen LogP contribution is -2.16. The fraction of sp³-hybridized carbons (Fsp3) is 0.500. The van der Waals surface area contributed by atoms with Crippen molar-refractivity contribution in [1.82, 2.24) is 15.3 Å². The van der Waals surface area contributed by atoms with Crippen molar-refractivity contribution in [2.24, 2.45) is 0 Å². The molecule has 0 aliphatic rings. The first kappa shape index (κ1) is 10.8. The Balaban J connectivity index is 2.04. The number of hydrogen-bond donors (Lipinski definition) is 2. The highest BCUT2D eigenvalue weighted by atomic mass is 16.5. The van der Waals surface area contributed by atoms with Crippen molar-refractivity contribution >= 4 is 0 Å². The molecule has 1 aromatic heterocycles. The minimum atomic E-state index is 0.718. The molecule has 14 heavy (non-hydrogen) atoms. The molecule has 1 rings (SSSR count). The number of ether oxygens (including phenoxy) is 1. The summed E-state index contributed by atoms with van der Waals surface area (Å²) >= 11 is 0. The third-order valence-corrected chi connectivity index (χ3v) is 1.96. The molecule has 4 heteroatoms. The lowest BCUT2D eigenvalue weighted by Gasteiger charge is -2.03. The minimum Gasteiger partial charge on any atom is -0.502 e. The number of hydrogen-bond acceptors (Lipinski definition) is 3. The van der Waals surface area contributed by atoms with Crippen LogP contribution in [0.4, 0.5) is 0 Å². The van der Waals surface area contributed by atoms with Crippen LogP contribution in [0, 0.1) is 6.92 Å². The van der Waals surface area contributed by atoms with E-state index in [1.165, 1.54) is 6.26 Å². The van der Waals surface area contributed by atoms with Crippen molar-refractivity contribution < 1.29 is 4.74 Å². The van der Waals surface area contributed by atoms with E-state index in [-0.39, 0.29) is 0 Å². The molecular formula is C10H17N3O. The van der Waals surface area contributed by atoms with Crippen LogP contribution < -0.4 is 5.32 Å². The SMILES string of the molecule is C=COCCCNCc1nc[nH]c1C. The first-order valence-corrected chi connectivity index (χ1v) is 4.76. The zero-order valence-corrected chi connectivity index (χ0v) is 8.55. The van der Waals surface area contributed by atoms with Crippen LogP contribution in [0.1, 0.15) is 17.8 Å². The second-order valence-corrected chi connectivity index (χ2v) is 3.04. The van der Waals surface area contributed by atoms with Crippen LogP contribution in [0.3, 0.4) is 0 Å². The Morgan fingerprint density at radius 3 is 3.21 bits per heavy atom. The summed E-state index contributed by atoms with van der Waals surface area (Å²) in [6.45, 7) is 7.95. The number of imidazole rings is 1. The predicted octanol–water partition coefficient (Wildman–Crippen LogP) is 1.36. The maximum Gasteiger partial charge on any atom is 0.0925 e. The Morgan fingerprint density at radius 1 is 1.71 bits per heavy atom. The molecule has 0 saturated heterocycles. The van der Waals surface area contributed by atoms with Gasteiger partial charge in [-0.2, -0.15) is 0 Å². The Morgan fingerprint density at radius 2 is 2.57 bits per heavy atom. The quantitative estimate of drug-likeness (QED) is 0.510. The van der Waals surface area contributed by atoms with E-state index in [4.69, 9.17) is 4.74 Å². The van der Waals surface area contributed by atoms with Gasteiger partial charge in [0.2, 0.25) is 0 Å². The molecule has 0 bridgehead atoms. The molecule has 1 heterocycles. The monoisotopic (exact) mass is 195 g/mol. The summed E-state index contributed by atoms with van der Waals surface area (Å²) in [5, 5.41) is 3.29. The highest BCUT2D eigenvalue weighted by molar-refractivity contribution is 5.07. The molecule has 0 radical (unpaired) electrons. The second-order valence-electron chi connectivity index (χ2n) is 3.04. The number of aryl methyl sites for hydroxylation is 1. The second kappa shape index (κ2) is 6.21. The summed E-state index contributed by atoms with van der Waals surface area (Å²) in [5.74, 6) is 0. The van der Waals surface area contributed by atoms with Gasteiger partial charge in [-0.25, -0.2) is 4.98 Å². The molecule has 0 spiro atoms. The summed E-state index contributed by atoms with van der Waals surface area (Å²) in [4.78, 5) is 7.23. The standard InChI is InChI=1S/C10H17N3O/c1-3-14-6-4-5-11-7-10-9(2)12-8-13-10/h3,8,11H,1,4-7H2,2H3,(H,12,13). The first-order valence-electron chi connectivity index (χ1n) is 4.76. The van der Waals surface area contributed by atoms with Crippen LogP contribution in [0.15, 0.2) is 19.2 Å². The Labute approximate surface area is 84.4 Å². The summed E-state index contributed by atoms with van der Waals surface area (Å²) in [6, 6.07) is 0. The van der Waals surface area contributed by atoms with Gasteiger partial charge in [-0.05, 0) is 19.9 Å². The van der Waals surface area contributed by atoms with E-state index in [0.29, 0.717) is 0 Å². The predicted molar refractivity (Wildman–Crippen MR) is 55.8 cm³/mol. The lowest BCUT2D eigenvalue weighted by atomic mass is 10.3. The largest absolute Gasteiger partial charge is 0.502 e. The van der Waals surface area contributed by atoms with E-state index >= 15 is 0 Å². The maximum absolute atomic E-state index is 5.00. The van der Waals surface area contributed by atoms with Gasteiger partial charge in [0.25, 0.3) is 0 Å². The summed E-state index contributed by atoms with van der Waals surface area (Å²) < 4.78 is 5.00. The Kier molecular flexibility index (Phi) is 4.78. The van der Waals surface area contributed by atoms with Crippen molar-refractivity contribution in [2.45, 2.75) is 19.9 Å². The molecule has 0 atom stereocenters. The lowest BCUT2D eigenvalue weighted by molar-refractivity contribution is 0.244. The van der Waals surface area contributed by atoms with Gasteiger partial charge in [-0.15, -0.1) is 0 Å². The Hall–Kier alpha value is -1.29. The number of H-pyrrole nitrogens is 1. The van der Waals surface area contributed by atoms with E-state index in [1.54, 1.807) is 6.33 Å². The highest BCUT2D eigenvalue weighted by Gasteiger charge is 1.98. The molecule has 0 aliphatic carbocycles. The van der Waals surface area contributed by atoms with Crippen LogP contribution in [0.2, 0.25) is 0 Å². The fourth-order valence-corrected chi connectivity index (χ4v) is 1.14. The molecular weight excluding hydrogens is 178 g/mol. The number of aromatic nitrogens is 2. The average Bonchev–Trinajstić information content (AvgIpc) is 2.58. The molecule has 1 aromatic rings.